The number of nitrogens with one attached hydrogen (secondary N) is 1. The molecule has 0 aliphatic heterocycles. The Bertz CT molecular complexity index is 580. The summed E-state index contributed by atoms with van der Waals surface area (Å²) in [5, 5.41) is 1.09. The summed E-state index contributed by atoms with van der Waals surface area (Å²) in [7, 11) is 0. The second-order valence-electron chi connectivity index (χ2n) is 4.34. The van der Waals surface area contributed by atoms with E-state index in [0.717, 1.165) is 9.84 Å². The Morgan fingerprint density at radius 2 is 2.06 bits per heavy atom. The van der Waals surface area contributed by atoms with E-state index in [2.05, 4.69) is 15.0 Å². The summed E-state index contributed by atoms with van der Waals surface area (Å²) >= 11 is 1.58. The lowest BCUT2D eigenvalue weighted by atomic mass is 10.1. The van der Waals surface area contributed by atoms with Gasteiger partial charge in [-0.25, -0.2) is 9.97 Å². The SMILES string of the molecule is Cc1nc2sc(C3CCCC3)nc2c(=O)[nH]1. The number of hydrogen-bond acceptors (Lipinski definition) is 4. The molecule has 84 valence electrons. The third-order valence-electron chi connectivity index (χ3n) is 3.11. The molecule has 0 saturated heterocycles. The lowest BCUT2D eigenvalue weighted by Gasteiger charge is -2.01. The van der Waals surface area contributed by atoms with Gasteiger partial charge in [0.15, 0.2) is 10.3 Å². The number of H-pyrrole nitrogens is 1. The van der Waals surface area contributed by atoms with Crippen molar-refractivity contribution in [1.82, 2.24) is 15.0 Å². The Hall–Kier alpha value is -1.23. The van der Waals surface area contributed by atoms with E-state index in [1.807, 2.05) is 0 Å². The molecule has 2 aromatic heterocycles. The molecule has 5 heteroatoms. The van der Waals surface area contributed by atoms with Gasteiger partial charge in [0.25, 0.3) is 5.56 Å². The number of rotatable bonds is 1. The molecular weight excluding hydrogens is 222 g/mol. The van der Waals surface area contributed by atoms with Crippen LogP contribution in [0.4, 0.5) is 0 Å². The molecule has 0 bridgehead atoms. The first-order chi connectivity index (χ1) is 7.74. The zero-order valence-electron chi connectivity index (χ0n) is 9.12. The maximum atomic E-state index is 11.7. The maximum absolute atomic E-state index is 11.7. The predicted octanol–water partition coefficient (Wildman–Crippen LogP) is 2.35. The van der Waals surface area contributed by atoms with Gasteiger partial charge < -0.3 is 4.98 Å². The van der Waals surface area contributed by atoms with Crippen LogP contribution in [-0.2, 0) is 0 Å². The minimum atomic E-state index is -0.108. The number of aromatic amines is 1. The third-order valence-corrected chi connectivity index (χ3v) is 4.22. The Morgan fingerprint density at radius 3 is 2.81 bits per heavy atom. The molecule has 2 heterocycles. The molecule has 1 aliphatic rings. The number of hydrogen-bond donors (Lipinski definition) is 1. The van der Waals surface area contributed by atoms with E-state index >= 15 is 0 Å². The van der Waals surface area contributed by atoms with Crippen molar-refractivity contribution in [2.24, 2.45) is 0 Å². The molecule has 4 nitrogen and oxygen atoms in total. The Kier molecular flexibility index (Phi) is 2.28. The Labute approximate surface area is 96.8 Å². The Balaban J connectivity index is 2.15. The average Bonchev–Trinajstić information content (AvgIpc) is 2.82. The van der Waals surface area contributed by atoms with Crippen molar-refractivity contribution in [3.05, 3.63) is 21.2 Å². The predicted molar refractivity (Wildman–Crippen MR) is 64.0 cm³/mol. The smallest absolute Gasteiger partial charge is 0.278 e. The molecule has 0 aromatic carbocycles. The van der Waals surface area contributed by atoms with Gasteiger partial charge in [0.2, 0.25) is 0 Å². The van der Waals surface area contributed by atoms with Crippen LogP contribution in [0.1, 0.15) is 42.4 Å². The first kappa shape index (κ1) is 9.96. The lowest BCUT2D eigenvalue weighted by Crippen LogP contribution is -2.09. The van der Waals surface area contributed by atoms with Gasteiger partial charge in [-0.15, -0.1) is 0 Å². The minimum absolute atomic E-state index is 0.108. The van der Waals surface area contributed by atoms with E-state index in [-0.39, 0.29) is 5.56 Å². The number of nitrogens with zero attached hydrogens (tertiary/aromatic N) is 2. The molecular formula is C11H13N3OS. The summed E-state index contributed by atoms with van der Waals surface area (Å²) < 4.78 is 0. The van der Waals surface area contributed by atoms with Crippen LogP contribution in [0.25, 0.3) is 10.3 Å². The summed E-state index contributed by atoms with van der Waals surface area (Å²) in [5.41, 5.74) is 0.403. The molecule has 0 radical (unpaired) electrons. The van der Waals surface area contributed by atoms with E-state index in [1.54, 1.807) is 18.3 Å². The molecule has 3 rings (SSSR count). The molecule has 1 aliphatic carbocycles. The fraction of sp³-hybridized carbons (Fsp3) is 0.545. The van der Waals surface area contributed by atoms with Gasteiger partial charge in [-0.1, -0.05) is 24.2 Å². The highest BCUT2D eigenvalue weighted by molar-refractivity contribution is 7.18. The molecule has 0 unspecified atom stereocenters. The molecule has 2 aromatic rings. The van der Waals surface area contributed by atoms with Gasteiger partial charge >= 0.3 is 0 Å². The number of thiazole rings is 1. The molecule has 1 fully saturated rings. The number of aromatic nitrogens is 3. The highest BCUT2D eigenvalue weighted by Gasteiger charge is 2.21. The van der Waals surface area contributed by atoms with Gasteiger partial charge in [-0.05, 0) is 19.8 Å². The fourth-order valence-electron chi connectivity index (χ4n) is 2.30. The van der Waals surface area contributed by atoms with Crippen LogP contribution in [0, 0.1) is 6.92 Å². The summed E-state index contributed by atoms with van der Waals surface area (Å²) in [6.45, 7) is 1.80. The van der Waals surface area contributed by atoms with Crippen LogP contribution in [0.2, 0.25) is 0 Å². The largest absolute Gasteiger partial charge is 0.309 e. The van der Waals surface area contributed by atoms with Crippen LogP contribution in [0.3, 0.4) is 0 Å². The highest BCUT2D eigenvalue weighted by Crippen LogP contribution is 2.36. The zero-order valence-corrected chi connectivity index (χ0v) is 9.93. The molecule has 0 spiro atoms. The van der Waals surface area contributed by atoms with Crippen LogP contribution in [0.5, 0.6) is 0 Å². The van der Waals surface area contributed by atoms with Crippen molar-refractivity contribution >= 4 is 21.7 Å². The minimum Gasteiger partial charge on any atom is -0.309 e. The van der Waals surface area contributed by atoms with E-state index in [0.29, 0.717) is 17.3 Å². The normalized spacial score (nSPS) is 17.3. The maximum Gasteiger partial charge on any atom is 0.278 e. The standard InChI is InChI=1S/C11H13N3OS/c1-6-12-9(15)8-11(13-6)16-10(14-8)7-4-2-3-5-7/h7H,2-5H2,1H3,(H,12,13,15). The zero-order chi connectivity index (χ0) is 11.1. The highest BCUT2D eigenvalue weighted by atomic mass is 32.1. The van der Waals surface area contributed by atoms with Gasteiger partial charge in [0.1, 0.15) is 5.82 Å². The van der Waals surface area contributed by atoms with Crippen LogP contribution >= 0.6 is 11.3 Å². The van der Waals surface area contributed by atoms with Gasteiger partial charge in [0, 0.05) is 5.92 Å². The number of fused-ring (bicyclic) bond motifs is 1. The van der Waals surface area contributed by atoms with Crippen molar-refractivity contribution in [2.75, 3.05) is 0 Å². The Morgan fingerprint density at radius 1 is 1.31 bits per heavy atom. The lowest BCUT2D eigenvalue weighted by molar-refractivity contribution is 0.718. The van der Waals surface area contributed by atoms with E-state index in [1.165, 1.54) is 25.7 Å². The van der Waals surface area contributed by atoms with Crippen molar-refractivity contribution in [1.29, 1.82) is 0 Å². The summed E-state index contributed by atoms with van der Waals surface area (Å²) in [6, 6.07) is 0. The van der Waals surface area contributed by atoms with Crippen molar-refractivity contribution in [3.8, 4) is 0 Å². The molecule has 16 heavy (non-hydrogen) atoms. The molecule has 0 atom stereocenters. The third kappa shape index (κ3) is 1.55. The first-order valence-electron chi connectivity index (χ1n) is 5.61. The molecule has 0 amide bonds. The topological polar surface area (TPSA) is 58.6 Å². The van der Waals surface area contributed by atoms with Gasteiger partial charge in [-0.2, -0.15) is 0 Å². The summed E-state index contributed by atoms with van der Waals surface area (Å²) in [4.78, 5) is 23.9. The van der Waals surface area contributed by atoms with E-state index in [4.69, 9.17) is 0 Å². The van der Waals surface area contributed by atoms with Crippen LogP contribution in [0.15, 0.2) is 4.79 Å². The van der Waals surface area contributed by atoms with E-state index < -0.39 is 0 Å². The van der Waals surface area contributed by atoms with Gasteiger partial charge in [0.05, 0.1) is 5.01 Å². The van der Waals surface area contributed by atoms with Crippen LogP contribution < -0.4 is 5.56 Å². The van der Waals surface area contributed by atoms with Crippen molar-refractivity contribution in [3.63, 3.8) is 0 Å². The second kappa shape index (κ2) is 3.66. The molecule has 1 saturated carbocycles. The first-order valence-corrected chi connectivity index (χ1v) is 6.43. The summed E-state index contributed by atoms with van der Waals surface area (Å²) in [5.74, 6) is 1.22. The fourth-order valence-corrected chi connectivity index (χ4v) is 3.46. The quantitative estimate of drug-likeness (QED) is 0.825. The van der Waals surface area contributed by atoms with Crippen molar-refractivity contribution < 1.29 is 0 Å². The van der Waals surface area contributed by atoms with Gasteiger partial charge in [-0.3, -0.25) is 4.79 Å². The van der Waals surface area contributed by atoms with Crippen molar-refractivity contribution in [2.45, 2.75) is 38.5 Å². The number of aryl methyl sites for hydroxylation is 1. The van der Waals surface area contributed by atoms with E-state index in [9.17, 15) is 4.79 Å². The van der Waals surface area contributed by atoms with Crippen LogP contribution in [-0.4, -0.2) is 15.0 Å². The molecule has 1 N–H and O–H groups in total. The monoisotopic (exact) mass is 235 g/mol. The second-order valence-corrected chi connectivity index (χ2v) is 5.35. The average molecular weight is 235 g/mol. The summed E-state index contributed by atoms with van der Waals surface area (Å²) in [6.07, 6.45) is 4.97.